The van der Waals surface area contributed by atoms with Crippen LogP contribution in [0, 0.1) is 26.7 Å². The Kier molecular flexibility index (Phi) is 9.76. The van der Waals surface area contributed by atoms with E-state index >= 15 is 0 Å². The van der Waals surface area contributed by atoms with Crippen molar-refractivity contribution in [2.24, 2.45) is 5.92 Å². The van der Waals surface area contributed by atoms with Crippen molar-refractivity contribution in [2.45, 2.75) is 65.6 Å². The molecule has 1 fully saturated rings. The van der Waals surface area contributed by atoms with E-state index in [1.54, 1.807) is 32.9 Å². The number of aromatic amines is 1. The summed E-state index contributed by atoms with van der Waals surface area (Å²) in [6.07, 6.45) is 0.649. The largest absolute Gasteiger partial charge is 0.416 e. The van der Waals surface area contributed by atoms with Gasteiger partial charge in [-0.15, -0.1) is 0 Å². The zero-order valence-corrected chi connectivity index (χ0v) is 24.8. The average Bonchev–Trinajstić information content (AvgIpc) is 2.97. The number of carbonyl (C=O) groups excluding carboxylic acids is 3. The van der Waals surface area contributed by atoms with E-state index in [1.165, 1.54) is 12.1 Å². The number of amides is 3. The van der Waals surface area contributed by atoms with Gasteiger partial charge in [-0.2, -0.15) is 13.2 Å². The molecule has 1 saturated carbocycles. The zero-order chi connectivity index (χ0) is 32.2. The lowest BCUT2D eigenvalue weighted by Crippen LogP contribution is -2.29. The second kappa shape index (κ2) is 13.3. The van der Waals surface area contributed by atoms with Crippen molar-refractivity contribution in [1.29, 1.82) is 0 Å². The van der Waals surface area contributed by atoms with Gasteiger partial charge in [-0.1, -0.05) is 31.9 Å². The van der Waals surface area contributed by atoms with E-state index in [-0.39, 0.29) is 46.3 Å². The highest BCUT2D eigenvalue weighted by atomic mass is 19.4. The first-order chi connectivity index (χ1) is 20.8. The SMILES string of the molecule is C=CC(=O)Nc1cc(C(F)(F)F)ccc1-c1cc(NC(=O)C2CCCCC2)c(C)c(C(=O)NCc2c(C)cc(C)[nH]c2=O)c1. The normalized spacial score (nSPS) is 13.7. The van der Waals surface area contributed by atoms with E-state index in [0.717, 1.165) is 50.3 Å². The number of hydrogen-bond donors (Lipinski definition) is 4. The van der Waals surface area contributed by atoms with Crippen LogP contribution >= 0.6 is 0 Å². The van der Waals surface area contributed by atoms with Crippen LogP contribution in [-0.2, 0) is 22.3 Å². The number of halogens is 3. The molecule has 2 aromatic carbocycles. The molecule has 1 aromatic heterocycles. The molecule has 4 N–H and O–H groups in total. The molecule has 1 heterocycles. The smallest absolute Gasteiger partial charge is 0.348 e. The maximum atomic E-state index is 13.6. The Balaban J connectivity index is 1.80. The molecule has 0 radical (unpaired) electrons. The number of hydrogen-bond acceptors (Lipinski definition) is 4. The van der Waals surface area contributed by atoms with Crippen LogP contribution in [0.15, 0.2) is 53.8 Å². The molecule has 0 spiro atoms. The fourth-order valence-corrected chi connectivity index (χ4v) is 5.46. The van der Waals surface area contributed by atoms with Crippen LogP contribution in [0.1, 0.15) is 70.4 Å². The summed E-state index contributed by atoms with van der Waals surface area (Å²) < 4.78 is 40.7. The minimum Gasteiger partial charge on any atom is -0.348 e. The lowest BCUT2D eigenvalue weighted by Gasteiger charge is -2.23. The number of carbonyl (C=O) groups is 3. The van der Waals surface area contributed by atoms with Gasteiger partial charge in [-0.05, 0) is 86.7 Å². The molecule has 0 saturated heterocycles. The third-order valence-corrected chi connectivity index (χ3v) is 7.91. The van der Waals surface area contributed by atoms with Gasteiger partial charge < -0.3 is 20.9 Å². The molecule has 0 atom stereocenters. The van der Waals surface area contributed by atoms with E-state index < -0.39 is 23.6 Å². The molecule has 232 valence electrons. The van der Waals surface area contributed by atoms with Crippen molar-refractivity contribution in [2.75, 3.05) is 10.6 Å². The van der Waals surface area contributed by atoms with E-state index in [2.05, 4.69) is 27.5 Å². The molecule has 1 aliphatic rings. The number of anilines is 2. The molecule has 1 aliphatic carbocycles. The van der Waals surface area contributed by atoms with Crippen LogP contribution in [-0.4, -0.2) is 22.7 Å². The Morgan fingerprint density at radius 3 is 2.32 bits per heavy atom. The van der Waals surface area contributed by atoms with Crippen LogP contribution in [0.5, 0.6) is 0 Å². The molecular formula is C33H35F3N4O4. The molecule has 0 unspecified atom stereocenters. The summed E-state index contributed by atoms with van der Waals surface area (Å²) >= 11 is 0. The molecule has 0 bridgehead atoms. The third kappa shape index (κ3) is 7.45. The van der Waals surface area contributed by atoms with E-state index in [1.807, 2.05) is 0 Å². The minimum atomic E-state index is -4.67. The maximum Gasteiger partial charge on any atom is 0.416 e. The van der Waals surface area contributed by atoms with Gasteiger partial charge in [-0.25, -0.2) is 0 Å². The molecule has 4 rings (SSSR count). The van der Waals surface area contributed by atoms with Crippen LogP contribution in [0.2, 0.25) is 0 Å². The molecule has 3 amide bonds. The number of H-pyrrole nitrogens is 1. The molecule has 11 heteroatoms. The number of benzene rings is 2. The van der Waals surface area contributed by atoms with Crippen LogP contribution in [0.3, 0.4) is 0 Å². The van der Waals surface area contributed by atoms with Crippen molar-refractivity contribution >= 4 is 29.1 Å². The van der Waals surface area contributed by atoms with Crippen LogP contribution < -0.4 is 21.5 Å². The second-order valence-corrected chi connectivity index (χ2v) is 11.1. The Morgan fingerprint density at radius 2 is 1.68 bits per heavy atom. The molecule has 8 nitrogen and oxygen atoms in total. The van der Waals surface area contributed by atoms with E-state index in [9.17, 15) is 32.3 Å². The van der Waals surface area contributed by atoms with Crippen LogP contribution in [0.4, 0.5) is 24.5 Å². The lowest BCUT2D eigenvalue weighted by atomic mass is 9.88. The van der Waals surface area contributed by atoms with Crippen molar-refractivity contribution in [3.05, 3.63) is 92.9 Å². The van der Waals surface area contributed by atoms with Gasteiger partial charge in [0.1, 0.15) is 0 Å². The monoisotopic (exact) mass is 608 g/mol. The third-order valence-electron chi connectivity index (χ3n) is 7.91. The quantitative estimate of drug-likeness (QED) is 0.217. The van der Waals surface area contributed by atoms with Gasteiger partial charge in [0.15, 0.2) is 0 Å². The molecule has 3 aromatic rings. The summed E-state index contributed by atoms with van der Waals surface area (Å²) in [5, 5.41) is 8.12. The first kappa shape index (κ1) is 32.2. The first-order valence-electron chi connectivity index (χ1n) is 14.4. The number of alkyl halides is 3. The van der Waals surface area contributed by atoms with E-state index in [0.29, 0.717) is 28.1 Å². The molecule has 0 aliphatic heterocycles. The van der Waals surface area contributed by atoms with Gasteiger partial charge in [0, 0.05) is 46.2 Å². The second-order valence-electron chi connectivity index (χ2n) is 11.1. The lowest BCUT2D eigenvalue weighted by molar-refractivity contribution is -0.137. The summed E-state index contributed by atoms with van der Waals surface area (Å²) in [5.41, 5.74) is 1.68. The Hall–Kier alpha value is -4.67. The number of pyridine rings is 1. The Morgan fingerprint density at radius 1 is 0.977 bits per heavy atom. The highest BCUT2D eigenvalue weighted by Crippen LogP contribution is 2.38. The highest BCUT2D eigenvalue weighted by Gasteiger charge is 2.31. The van der Waals surface area contributed by atoms with Gasteiger partial charge in [0.25, 0.3) is 11.5 Å². The number of aromatic nitrogens is 1. The Labute approximate surface area is 253 Å². The van der Waals surface area contributed by atoms with Gasteiger partial charge in [0.05, 0.1) is 5.56 Å². The van der Waals surface area contributed by atoms with Crippen molar-refractivity contribution < 1.29 is 27.6 Å². The van der Waals surface area contributed by atoms with Gasteiger partial charge in [-0.3, -0.25) is 19.2 Å². The predicted molar refractivity (Wildman–Crippen MR) is 163 cm³/mol. The number of nitrogens with one attached hydrogen (secondary N) is 4. The first-order valence-corrected chi connectivity index (χ1v) is 14.4. The standard InChI is InChI=1S/C33H35F3N4O4/c1-5-29(41)39-28-16-23(33(34,35)36)11-12-24(28)22-14-25(31(43)37-17-26-18(2)13-19(3)38-32(26)44)20(4)27(15-22)40-30(42)21-9-7-6-8-10-21/h5,11-16,21H,1,6-10,17H2,2-4H3,(H,37,43)(H,38,44)(H,39,41)(H,40,42). The molecule has 44 heavy (non-hydrogen) atoms. The predicted octanol–water partition coefficient (Wildman–Crippen LogP) is 6.56. The average molecular weight is 609 g/mol. The maximum absolute atomic E-state index is 13.6. The number of aryl methyl sites for hydroxylation is 2. The van der Waals surface area contributed by atoms with Gasteiger partial charge >= 0.3 is 6.18 Å². The zero-order valence-electron chi connectivity index (χ0n) is 24.8. The number of rotatable bonds is 8. The minimum absolute atomic E-state index is 0.0748. The fourth-order valence-electron chi connectivity index (χ4n) is 5.46. The van der Waals surface area contributed by atoms with Gasteiger partial charge in [0.2, 0.25) is 11.8 Å². The summed E-state index contributed by atoms with van der Waals surface area (Å²) in [7, 11) is 0. The summed E-state index contributed by atoms with van der Waals surface area (Å²) in [4.78, 5) is 54.2. The topological polar surface area (TPSA) is 120 Å². The summed E-state index contributed by atoms with van der Waals surface area (Å²) in [6, 6.07) is 7.74. The van der Waals surface area contributed by atoms with Crippen LogP contribution in [0.25, 0.3) is 11.1 Å². The fraction of sp³-hybridized carbons (Fsp3) is 0.333. The van der Waals surface area contributed by atoms with Crippen molar-refractivity contribution in [3.8, 4) is 11.1 Å². The highest BCUT2D eigenvalue weighted by molar-refractivity contribution is 6.04. The van der Waals surface area contributed by atoms with Crippen molar-refractivity contribution in [1.82, 2.24) is 10.3 Å². The van der Waals surface area contributed by atoms with E-state index in [4.69, 9.17) is 0 Å². The molecular weight excluding hydrogens is 573 g/mol. The Bertz CT molecular complexity index is 1670. The summed E-state index contributed by atoms with van der Waals surface area (Å²) in [6.45, 7) is 8.47. The summed E-state index contributed by atoms with van der Waals surface area (Å²) in [5.74, 6) is -1.68. The van der Waals surface area contributed by atoms with Crippen molar-refractivity contribution in [3.63, 3.8) is 0 Å².